The fourth-order valence-corrected chi connectivity index (χ4v) is 3.78. The van der Waals surface area contributed by atoms with E-state index in [0.29, 0.717) is 25.9 Å². The molecule has 2 saturated heterocycles. The van der Waals surface area contributed by atoms with Crippen molar-refractivity contribution in [2.75, 3.05) is 43.1 Å². The Morgan fingerprint density at radius 1 is 1.29 bits per heavy atom. The molecule has 0 aliphatic carbocycles. The third-order valence-corrected chi connectivity index (χ3v) is 5.32. The van der Waals surface area contributed by atoms with E-state index in [-0.39, 0.29) is 30.5 Å². The Morgan fingerprint density at radius 3 is 2.61 bits per heavy atom. The van der Waals surface area contributed by atoms with E-state index in [0.717, 1.165) is 17.0 Å². The van der Waals surface area contributed by atoms with Gasteiger partial charge in [-0.25, -0.2) is 18.4 Å². The first-order chi connectivity index (χ1) is 15.0. The number of piperidine rings is 1. The average molecular weight is 437 g/mol. The van der Waals surface area contributed by atoms with Crippen LogP contribution in [0.3, 0.4) is 0 Å². The molecule has 1 aromatic carbocycles. The summed E-state index contributed by atoms with van der Waals surface area (Å²) in [5, 5.41) is 14.0. The number of nitrogens with one attached hydrogen (secondary N) is 1. The molecule has 31 heavy (non-hydrogen) atoms. The fourth-order valence-electron chi connectivity index (χ4n) is 3.78. The summed E-state index contributed by atoms with van der Waals surface area (Å²) >= 11 is 0. The lowest BCUT2D eigenvalue weighted by molar-refractivity contribution is 0.132. The smallest absolute Gasteiger partial charge is 0.414 e. The second kappa shape index (κ2) is 8.70. The Hall–Kier alpha value is -3.51. The van der Waals surface area contributed by atoms with E-state index in [1.165, 1.54) is 18.2 Å². The molecule has 0 radical (unpaired) electrons. The molecule has 1 atom stereocenters. The largest absolute Gasteiger partial charge is 0.453 e. The number of benzene rings is 1. The zero-order chi connectivity index (χ0) is 22.0. The summed E-state index contributed by atoms with van der Waals surface area (Å²) in [6.07, 6.45) is 0.504. The number of tetrazole rings is 1. The summed E-state index contributed by atoms with van der Waals surface area (Å²) in [6.45, 7) is 0.906. The maximum atomic E-state index is 14.9. The molecule has 0 saturated carbocycles. The van der Waals surface area contributed by atoms with Crippen LogP contribution in [0, 0.1) is 11.6 Å². The number of alkyl carbamates (subject to hydrolysis) is 1. The molecule has 2 aliphatic rings. The highest BCUT2D eigenvalue weighted by Gasteiger charge is 2.34. The van der Waals surface area contributed by atoms with Gasteiger partial charge in [0.2, 0.25) is 0 Å². The van der Waals surface area contributed by atoms with E-state index in [1.807, 2.05) is 0 Å². The first-order valence-electron chi connectivity index (χ1n) is 9.72. The van der Waals surface area contributed by atoms with Crippen LogP contribution in [-0.2, 0) is 9.47 Å². The van der Waals surface area contributed by atoms with Gasteiger partial charge in [0.15, 0.2) is 18.0 Å². The number of amides is 2. The number of hydrogen-bond donors (Lipinski definition) is 1. The molecule has 0 bridgehead atoms. The number of ether oxygens (including phenoxy) is 2. The lowest BCUT2D eigenvalue weighted by Crippen LogP contribution is -2.36. The molecule has 13 heteroatoms. The van der Waals surface area contributed by atoms with Crippen molar-refractivity contribution in [1.29, 1.82) is 0 Å². The number of hydrogen-bond acceptors (Lipinski definition) is 8. The SMILES string of the molecule is COC(=O)NCC1CN(c2cc(F)c(N3CCC(n4ncnn4)CC3)c(F)c2)C(=O)O1. The van der Waals surface area contributed by atoms with Crippen molar-refractivity contribution in [3.05, 3.63) is 30.1 Å². The van der Waals surface area contributed by atoms with Gasteiger partial charge in [0.25, 0.3) is 0 Å². The molecule has 166 valence electrons. The van der Waals surface area contributed by atoms with Crippen molar-refractivity contribution < 1.29 is 27.8 Å². The van der Waals surface area contributed by atoms with E-state index < -0.39 is 29.9 Å². The van der Waals surface area contributed by atoms with E-state index in [1.54, 1.807) is 4.90 Å². The normalized spacial score (nSPS) is 19.5. The van der Waals surface area contributed by atoms with Crippen LogP contribution in [0.5, 0.6) is 0 Å². The number of nitrogens with zero attached hydrogens (tertiary/aromatic N) is 6. The number of anilines is 2. The number of carbonyl (C=O) groups is 2. The highest BCUT2D eigenvalue weighted by molar-refractivity contribution is 5.90. The van der Waals surface area contributed by atoms with Crippen LogP contribution in [0.4, 0.5) is 29.7 Å². The maximum absolute atomic E-state index is 14.9. The van der Waals surface area contributed by atoms with Crippen molar-refractivity contribution in [1.82, 2.24) is 25.5 Å². The van der Waals surface area contributed by atoms with Crippen LogP contribution < -0.4 is 15.1 Å². The first-order valence-corrected chi connectivity index (χ1v) is 9.72. The summed E-state index contributed by atoms with van der Waals surface area (Å²) in [4.78, 5) is 27.6. The van der Waals surface area contributed by atoms with Crippen LogP contribution in [0.1, 0.15) is 18.9 Å². The minimum Gasteiger partial charge on any atom is -0.453 e. The maximum Gasteiger partial charge on any atom is 0.414 e. The Bertz CT molecular complexity index is 927. The highest BCUT2D eigenvalue weighted by atomic mass is 19.1. The van der Waals surface area contributed by atoms with Gasteiger partial charge in [0.05, 0.1) is 31.9 Å². The molecule has 2 aromatic rings. The van der Waals surface area contributed by atoms with Crippen LogP contribution >= 0.6 is 0 Å². The molecule has 4 rings (SSSR count). The summed E-state index contributed by atoms with van der Waals surface area (Å²) < 4.78 is 39.3. The third kappa shape index (κ3) is 4.34. The highest BCUT2D eigenvalue weighted by Crippen LogP contribution is 2.33. The standard InChI is InChI=1S/C18H21F2N7O4/c1-30-17(28)21-8-13-9-26(18(29)31-13)12-6-14(19)16(15(20)7-12)25-4-2-11(3-5-25)27-23-10-22-24-27/h6-7,10-11,13H,2-5,8-9H2,1H3,(H,21,28). The van der Waals surface area contributed by atoms with Gasteiger partial charge in [0, 0.05) is 25.2 Å². The molecule has 2 amide bonds. The molecule has 2 fully saturated rings. The van der Waals surface area contributed by atoms with Gasteiger partial charge in [-0.15, -0.1) is 10.2 Å². The van der Waals surface area contributed by atoms with Gasteiger partial charge in [-0.3, -0.25) is 4.90 Å². The average Bonchev–Trinajstić information content (AvgIpc) is 3.42. The van der Waals surface area contributed by atoms with E-state index in [9.17, 15) is 18.4 Å². The van der Waals surface area contributed by atoms with Crippen molar-refractivity contribution in [3.8, 4) is 0 Å². The first kappa shape index (κ1) is 20.8. The number of carbonyl (C=O) groups excluding carboxylic acids is 2. The number of methoxy groups -OCH3 is 1. The van der Waals surface area contributed by atoms with E-state index in [2.05, 4.69) is 25.5 Å². The predicted molar refractivity (Wildman–Crippen MR) is 103 cm³/mol. The number of aromatic nitrogens is 4. The molecule has 1 N–H and O–H groups in total. The number of halogens is 2. The molecule has 0 spiro atoms. The number of cyclic esters (lactones) is 1. The van der Waals surface area contributed by atoms with Gasteiger partial charge in [-0.2, -0.15) is 4.80 Å². The van der Waals surface area contributed by atoms with Crippen molar-refractivity contribution in [3.63, 3.8) is 0 Å². The second-order valence-electron chi connectivity index (χ2n) is 7.22. The minimum absolute atomic E-state index is 0.0214. The van der Waals surface area contributed by atoms with Crippen molar-refractivity contribution in [2.45, 2.75) is 25.0 Å². The zero-order valence-electron chi connectivity index (χ0n) is 16.7. The van der Waals surface area contributed by atoms with Gasteiger partial charge in [0.1, 0.15) is 11.8 Å². The quantitative estimate of drug-likeness (QED) is 0.748. The fraction of sp³-hybridized carbons (Fsp3) is 0.500. The van der Waals surface area contributed by atoms with Crippen molar-refractivity contribution >= 4 is 23.6 Å². The number of rotatable bonds is 5. The van der Waals surface area contributed by atoms with Gasteiger partial charge >= 0.3 is 12.2 Å². The Balaban J connectivity index is 1.43. The van der Waals surface area contributed by atoms with Gasteiger partial charge < -0.3 is 19.7 Å². The van der Waals surface area contributed by atoms with Gasteiger partial charge in [-0.05, 0) is 18.1 Å². The van der Waals surface area contributed by atoms with Crippen LogP contribution in [0.2, 0.25) is 0 Å². The van der Waals surface area contributed by atoms with Crippen LogP contribution in [-0.4, -0.2) is 71.8 Å². The Labute approximate surface area is 175 Å². The molecule has 11 nitrogen and oxygen atoms in total. The summed E-state index contributed by atoms with van der Waals surface area (Å²) in [6, 6.07) is 2.25. The monoisotopic (exact) mass is 437 g/mol. The van der Waals surface area contributed by atoms with Crippen molar-refractivity contribution in [2.24, 2.45) is 0 Å². The predicted octanol–water partition coefficient (Wildman–Crippen LogP) is 1.47. The van der Waals surface area contributed by atoms with Crippen LogP contribution in [0.15, 0.2) is 18.5 Å². The summed E-state index contributed by atoms with van der Waals surface area (Å²) in [7, 11) is 1.21. The molecular formula is C18H21F2N7O4. The summed E-state index contributed by atoms with van der Waals surface area (Å²) in [5.41, 5.74) is -0.0868. The molecule has 2 aliphatic heterocycles. The lowest BCUT2D eigenvalue weighted by Gasteiger charge is -2.33. The lowest BCUT2D eigenvalue weighted by atomic mass is 10.0. The minimum atomic E-state index is -0.767. The molecular weight excluding hydrogens is 416 g/mol. The third-order valence-electron chi connectivity index (χ3n) is 5.32. The van der Waals surface area contributed by atoms with E-state index in [4.69, 9.17) is 4.74 Å². The van der Waals surface area contributed by atoms with Gasteiger partial charge in [-0.1, -0.05) is 0 Å². The Morgan fingerprint density at radius 2 is 2.00 bits per heavy atom. The topological polar surface area (TPSA) is 115 Å². The summed E-state index contributed by atoms with van der Waals surface area (Å²) in [5.74, 6) is -1.53. The molecule has 1 aromatic heterocycles. The van der Waals surface area contributed by atoms with E-state index >= 15 is 0 Å². The molecule has 3 heterocycles. The van der Waals surface area contributed by atoms with Crippen LogP contribution in [0.25, 0.3) is 0 Å². The zero-order valence-corrected chi connectivity index (χ0v) is 16.7. The molecule has 1 unspecified atom stereocenters. The second-order valence-corrected chi connectivity index (χ2v) is 7.22. The Kier molecular flexibility index (Phi) is 5.82.